The second kappa shape index (κ2) is 4.98. The van der Waals surface area contributed by atoms with E-state index < -0.39 is 6.10 Å². The zero-order valence-corrected chi connectivity index (χ0v) is 8.60. The molecule has 0 bridgehead atoms. The van der Waals surface area contributed by atoms with Crippen molar-refractivity contribution >= 4 is 0 Å². The number of hydrogen-bond acceptors (Lipinski definition) is 3. The van der Waals surface area contributed by atoms with E-state index in [1.54, 1.807) is 6.92 Å². The van der Waals surface area contributed by atoms with Crippen LogP contribution in [0.2, 0.25) is 0 Å². The molecule has 0 fully saturated rings. The van der Waals surface area contributed by atoms with Gasteiger partial charge in [-0.25, -0.2) is 0 Å². The first kappa shape index (κ1) is 11.0. The smallest absolute Gasteiger partial charge is 0.119 e. The molecule has 0 unspecified atom stereocenters. The highest BCUT2D eigenvalue weighted by molar-refractivity contribution is 5.28. The lowest BCUT2D eigenvalue weighted by Crippen LogP contribution is -2.24. The molecule has 0 amide bonds. The van der Waals surface area contributed by atoms with Crippen LogP contribution in [0.5, 0.6) is 5.75 Å². The van der Waals surface area contributed by atoms with Gasteiger partial charge in [0.25, 0.3) is 0 Å². The summed E-state index contributed by atoms with van der Waals surface area (Å²) in [6.45, 7) is 4.36. The highest BCUT2D eigenvalue weighted by Gasteiger charge is 2.11. The molecular weight excluding hydrogens is 178 g/mol. The molecule has 3 heteroatoms. The van der Waals surface area contributed by atoms with Crippen LogP contribution in [0, 0.1) is 0 Å². The Kier molecular flexibility index (Phi) is 3.92. The number of benzene rings is 1. The molecule has 0 aliphatic heterocycles. The van der Waals surface area contributed by atoms with Crippen molar-refractivity contribution in [2.45, 2.75) is 26.0 Å². The predicted molar refractivity (Wildman–Crippen MR) is 56.2 cm³/mol. The Morgan fingerprint density at radius 1 is 1.36 bits per heavy atom. The van der Waals surface area contributed by atoms with Crippen LogP contribution in [-0.2, 0) is 0 Å². The largest absolute Gasteiger partial charge is 0.494 e. The van der Waals surface area contributed by atoms with E-state index in [9.17, 15) is 5.11 Å². The highest BCUT2D eigenvalue weighted by Crippen LogP contribution is 2.19. The van der Waals surface area contributed by atoms with Crippen molar-refractivity contribution < 1.29 is 9.84 Å². The maximum atomic E-state index is 9.65. The SMILES string of the molecule is CCOc1ccc([C@H](O)[C@@H](C)N)cc1. The predicted octanol–water partition coefficient (Wildman–Crippen LogP) is 1.47. The van der Waals surface area contributed by atoms with Crippen molar-refractivity contribution in [1.82, 2.24) is 0 Å². The van der Waals surface area contributed by atoms with Gasteiger partial charge in [0, 0.05) is 6.04 Å². The fourth-order valence-electron chi connectivity index (χ4n) is 1.23. The number of aliphatic hydroxyl groups is 1. The van der Waals surface area contributed by atoms with Crippen molar-refractivity contribution in [3.63, 3.8) is 0 Å². The Morgan fingerprint density at radius 2 is 1.93 bits per heavy atom. The molecule has 0 spiro atoms. The molecular formula is C11H17NO2. The molecule has 14 heavy (non-hydrogen) atoms. The second-order valence-electron chi connectivity index (χ2n) is 3.31. The average Bonchev–Trinajstić information content (AvgIpc) is 2.18. The fourth-order valence-corrected chi connectivity index (χ4v) is 1.23. The molecule has 0 heterocycles. The van der Waals surface area contributed by atoms with E-state index in [-0.39, 0.29) is 6.04 Å². The fraction of sp³-hybridized carbons (Fsp3) is 0.455. The maximum Gasteiger partial charge on any atom is 0.119 e. The number of hydrogen-bond donors (Lipinski definition) is 2. The van der Waals surface area contributed by atoms with Gasteiger partial charge in [-0.15, -0.1) is 0 Å². The van der Waals surface area contributed by atoms with Gasteiger partial charge in [0.1, 0.15) is 5.75 Å². The number of ether oxygens (including phenoxy) is 1. The first-order chi connectivity index (χ1) is 6.65. The van der Waals surface area contributed by atoms with Crippen molar-refractivity contribution in [3.8, 4) is 5.75 Å². The molecule has 3 nitrogen and oxygen atoms in total. The van der Waals surface area contributed by atoms with Crippen molar-refractivity contribution in [2.75, 3.05) is 6.61 Å². The van der Waals surface area contributed by atoms with Gasteiger partial charge >= 0.3 is 0 Å². The van der Waals surface area contributed by atoms with Gasteiger partial charge in [-0.1, -0.05) is 12.1 Å². The van der Waals surface area contributed by atoms with E-state index in [0.717, 1.165) is 11.3 Å². The zero-order valence-electron chi connectivity index (χ0n) is 8.60. The van der Waals surface area contributed by atoms with Crippen molar-refractivity contribution in [3.05, 3.63) is 29.8 Å². The van der Waals surface area contributed by atoms with Gasteiger partial charge in [0.2, 0.25) is 0 Å². The molecule has 2 atom stereocenters. The van der Waals surface area contributed by atoms with E-state index in [2.05, 4.69) is 0 Å². The van der Waals surface area contributed by atoms with Crippen LogP contribution in [0.4, 0.5) is 0 Å². The monoisotopic (exact) mass is 195 g/mol. The average molecular weight is 195 g/mol. The van der Waals surface area contributed by atoms with Gasteiger partial charge < -0.3 is 15.6 Å². The molecule has 0 aliphatic carbocycles. The molecule has 1 aromatic rings. The first-order valence-electron chi connectivity index (χ1n) is 4.81. The Bertz CT molecular complexity index is 269. The summed E-state index contributed by atoms with van der Waals surface area (Å²) in [6.07, 6.45) is -0.606. The summed E-state index contributed by atoms with van der Waals surface area (Å²) in [7, 11) is 0. The summed E-state index contributed by atoms with van der Waals surface area (Å²) >= 11 is 0. The highest BCUT2D eigenvalue weighted by atomic mass is 16.5. The normalized spacial score (nSPS) is 14.9. The van der Waals surface area contributed by atoms with Gasteiger partial charge in [0.05, 0.1) is 12.7 Å². The van der Waals surface area contributed by atoms with Crippen LogP contribution in [0.25, 0.3) is 0 Å². The molecule has 0 saturated carbocycles. The summed E-state index contributed by atoms with van der Waals surface area (Å²) in [4.78, 5) is 0. The Labute approximate surface area is 84.5 Å². The molecule has 0 radical (unpaired) electrons. The molecule has 78 valence electrons. The molecule has 1 aromatic carbocycles. The lowest BCUT2D eigenvalue weighted by molar-refractivity contribution is 0.153. The van der Waals surface area contributed by atoms with Gasteiger partial charge in [-0.05, 0) is 31.5 Å². The first-order valence-corrected chi connectivity index (χ1v) is 4.81. The summed E-state index contributed by atoms with van der Waals surface area (Å²) in [5, 5.41) is 9.65. The second-order valence-corrected chi connectivity index (χ2v) is 3.31. The van der Waals surface area contributed by atoms with Crippen molar-refractivity contribution in [2.24, 2.45) is 5.73 Å². The maximum absolute atomic E-state index is 9.65. The van der Waals surface area contributed by atoms with Crippen LogP contribution in [0.15, 0.2) is 24.3 Å². The topological polar surface area (TPSA) is 55.5 Å². The van der Waals surface area contributed by atoms with E-state index >= 15 is 0 Å². The lowest BCUT2D eigenvalue weighted by Gasteiger charge is -2.15. The van der Waals surface area contributed by atoms with E-state index in [4.69, 9.17) is 10.5 Å². The number of rotatable bonds is 4. The molecule has 0 aliphatic rings. The van der Waals surface area contributed by atoms with E-state index in [1.807, 2.05) is 31.2 Å². The molecule has 0 aromatic heterocycles. The van der Waals surface area contributed by atoms with Crippen LogP contribution < -0.4 is 10.5 Å². The minimum atomic E-state index is -0.606. The molecule has 0 saturated heterocycles. The quantitative estimate of drug-likeness (QED) is 0.764. The zero-order chi connectivity index (χ0) is 10.6. The molecule has 3 N–H and O–H groups in total. The van der Waals surface area contributed by atoms with E-state index in [1.165, 1.54) is 0 Å². The van der Waals surface area contributed by atoms with Crippen LogP contribution >= 0.6 is 0 Å². The van der Waals surface area contributed by atoms with Gasteiger partial charge in [0.15, 0.2) is 0 Å². The Morgan fingerprint density at radius 3 is 2.36 bits per heavy atom. The summed E-state index contributed by atoms with van der Waals surface area (Å²) < 4.78 is 5.29. The number of aliphatic hydroxyl groups excluding tert-OH is 1. The van der Waals surface area contributed by atoms with Crippen LogP contribution in [0.1, 0.15) is 25.5 Å². The third kappa shape index (κ3) is 2.72. The third-order valence-corrected chi connectivity index (χ3v) is 2.03. The summed E-state index contributed by atoms with van der Waals surface area (Å²) in [5.74, 6) is 0.813. The van der Waals surface area contributed by atoms with Crippen molar-refractivity contribution in [1.29, 1.82) is 0 Å². The Hall–Kier alpha value is -1.06. The van der Waals surface area contributed by atoms with Crippen LogP contribution in [0.3, 0.4) is 0 Å². The number of nitrogens with two attached hydrogens (primary N) is 1. The minimum absolute atomic E-state index is 0.257. The Balaban J connectivity index is 2.72. The standard InChI is InChI=1S/C11H17NO2/c1-3-14-10-6-4-9(5-7-10)11(13)8(2)12/h4-8,11,13H,3,12H2,1-2H3/t8-,11-/m1/s1. The summed E-state index contributed by atoms with van der Waals surface area (Å²) in [6, 6.07) is 7.08. The van der Waals surface area contributed by atoms with E-state index in [0.29, 0.717) is 6.61 Å². The minimum Gasteiger partial charge on any atom is -0.494 e. The van der Waals surface area contributed by atoms with Gasteiger partial charge in [-0.2, -0.15) is 0 Å². The van der Waals surface area contributed by atoms with Crippen LogP contribution in [-0.4, -0.2) is 17.8 Å². The third-order valence-electron chi connectivity index (χ3n) is 2.03. The van der Waals surface area contributed by atoms with Gasteiger partial charge in [-0.3, -0.25) is 0 Å². The molecule has 1 rings (SSSR count). The lowest BCUT2D eigenvalue weighted by atomic mass is 10.0. The summed E-state index contributed by atoms with van der Waals surface area (Å²) in [5.41, 5.74) is 6.41.